The molecule has 0 fully saturated rings. The molecule has 0 bridgehead atoms. The van der Waals surface area contributed by atoms with Crippen LogP contribution in [0.3, 0.4) is 0 Å². The predicted molar refractivity (Wildman–Crippen MR) is 108 cm³/mol. The first-order valence-corrected chi connectivity index (χ1v) is 8.37. The zero-order valence-corrected chi connectivity index (χ0v) is 17.7. The van der Waals surface area contributed by atoms with Gasteiger partial charge in [-0.1, -0.05) is 6.92 Å². The number of nitrogens with one attached hydrogen (secondary N) is 2. The van der Waals surface area contributed by atoms with E-state index in [4.69, 9.17) is 0 Å². The van der Waals surface area contributed by atoms with E-state index in [0.29, 0.717) is 6.04 Å². The molecule has 1 rings (SSSR count). The van der Waals surface area contributed by atoms with Crippen molar-refractivity contribution in [1.29, 1.82) is 0 Å². The zero-order chi connectivity index (χ0) is 15.8. The third-order valence-electron chi connectivity index (χ3n) is 3.74. The predicted octanol–water partition coefficient (Wildman–Crippen LogP) is 2.77. The van der Waals surface area contributed by atoms with E-state index in [1.807, 2.05) is 6.92 Å². The summed E-state index contributed by atoms with van der Waals surface area (Å²) >= 11 is 1.74. The van der Waals surface area contributed by atoms with Gasteiger partial charge < -0.3 is 15.5 Å². The quantitative estimate of drug-likeness (QED) is 0.390. The summed E-state index contributed by atoms with van der Waals surface area (Å²) in [6, 6.07) is 0.615. The van der Waals surface area contributed by atoms with Gasteiger partial charge in [0, 0.05) is 31.1 Å². The average molecular weight is 439 g/mol. The number of nitrogens with zero attached hydrogens (tertiary/aromatic N) is 3. The van der Waals surface area contributed by atoms with Crippen molar-refractivity contribution in [3.05, 3.63) is 15.6 Å². The molecule has 0 aromatic carbocycles. The Balaban J connectivity index is 0.00000441. The highest BCUT2D eigenvalue weighted by atomic mass is 127. The van der Waals surface area contributed by atoms with E-state index in [2.05, 4.69) is 53.3 Å². The van der Waals surface area contributed by atoms with Crippen LogP contribution in [-0.4, -0.2) is 49.1 Å². The van der Waals surface area contributed by atoms with Gasteiger partial charge in [-0.15, -0.1) is 35.3 Å². The third-order valence-corrected chi connectivity index (χ3v) is 4.81. The van der Waals surface area contributed by atoms with Crippen molar-refractivity contribution in [2.24, 2.45) is 4.99 Å². The van der Waals surface area contributed by atoms with E-state index >= 15 is 0 Å². The molecule has 0 spiro atoms. The second-order valence-corrected chi connectivity index (χ2v) is 6.62. The fourth-order valence-electron chi connectivity index (χ4n) is 2.00. The van der Waals surface area contributed by atoms with Crippen LogP contribution in [0.1, 0.15) is 35.8 Å². The van der Waals surface area contributed by atoms with Crippen LogP contribution in [0.25, 0.3) is 0 Å². The highest BCUT2D eigenvalue weighted by Gasteiger charge is 2.07. The molecule has 0 radical (unpaired) electrons. The molecular weight excluding hydrogens is 409 g/mol. The van der Waals surface area contributed by atoms with Crippen LogP contribution in [-0.2, 0) is 6.54 Å². The van der Waals surface area contributed by atoms with E-state index in [-0.39, 0.29) is 24.0 Å². The van der Waals surface area contributed by atoms with Crippen molar-refractivity contribution in [2.45, 2.75) is 46.7 Å². The first-order valence-electron chi connectivity index (χ1n) is 7.55. The Hall–Kier alpha value is -0.410. The number of guanidine groups is 1. The molecule has 0 saturated heterocycles. The standard InChI is InChI=1S/C15H29N5S.HI/c1-7-11(2)20(6)9-8-17-15(16-5)18-10-14-12(3)19-13(4)21-14;/h11H,7-10H2,1-6H3,(H2,16,17,18);1H. The molecule has 0 aliphatic carbocycles. The molecule has 1 aromatic rings. The number of likely N-dealkylation sites (N-methyl/N-ethyl adjacent to an activating group) is 1. The molecule has 1 atom stereocenters. The number of hydrogen-bond acceptors (Lipinski definition) is 4. The maximum atomic E-state index is 4.44. The SMILES string of the molecule is CCC(C)N(C)CCNC(=NC)NCc1sc(C)nc1C.I. The number of aryl methyl sites for hydroxylation is 2. The van der Waals surface area contributed by atoms with Crippen LogP contribution in [0, 0.1) is 13.8 Å². The molecular formula is C15H30IN5S. The summed E-state index contributed by atoms with van der Waals surface area (Å²) in [6.07, 6.45) is 1.17. The van der Waals surface area contributed by atoms with Gasteiger partial charge >= 0.3 is 0 Å². The largest absolute Gasteiger partial charge is 0.355 e. The molecule has 7 heteroatoms. The summed E-state index contributed by atoms with van der Waals surface area (Å²) in [5.41, 5.74) is 1.11. The first kappa shape index (κ1) is 21.6. The molecule has 0 amide bonds. The number of halogens is 1. The third kappa shape index (κ3) is 7.23. The van der Waals surface area contributed by atoms with Gasteiger partial charge in [-0.05, 0) is 34.2 Å². The van der Waals surface area contributed by atoms with Crippen LogP contribution in [0.4, 0.5) is 0 Å². The minimum atomic E-state index is 0. The summed E-state index contributed by atoms with van der Waals surface area (Å²) in [5.74, 6) is 0.845. The molecule has 0 saturated carbocycles. The Labute approximate surface area is 156 Å². The zero-order valence-electron chi connectivity index (χ0n) is 14.6. The minimum Gasteiger partial charge on any atom is -0.355 e. The number of aromatic nitrogens is 1. The molecule has 1 heterocycles. The van der Waals surface area contributed by atoms with Crippen LogP contribution < -0.4 is 10.6 Å². The Kier molecular flexibility index (Phi) is 11.0. The second kappa shape index (κ2) is 11.2. The topological polar surface area (TPSA) is 52.5 Å². The van der Waals surface area contributed by atoms with Crippen LogP contribution >= 0.6 is 35.3 Å². The van der Waals surface area contributed by atoms with Gasteiger partial charge in [0.2, 0.25) is 0 Å². The van der Waals surface area contributed by atoms with Crippen molar-refractivity contribution in [3.63, 3.8) is 0 Å². The smallest absolute Gasteiger partial charge is 0.191 e. The van der Waals surface area contributed by atoms with Gasteiger partial charge in [0.15, 0.2) is 5.96 Å². The summed E-state index contributed by atoms with van der Waals surface area (Å²) in [5, 5.41) is 7.82. The van der Waals surface area contributed by atoms with Gasteiger partial charge in [-0.3, -0.25) is 4.99 Å². The van der Waals surface area contributed by atoms with Crippen molar-refractivity contribution < 1.29 is 0 Å². The number of rotatable bonds is 7. The molecule has 22 heavy (non-hydrogen) atoms. The fourth-order valence-corrected chi connectivity index (χ4v) is 2.88. The summed E-state index contributed by atoms with van der Waals surface area (Å²) in [6.45, 7) is 11.2. The Morgan fingerprint density at radius 3 is 2.55 bits per heavy atom. The molecule has 0 aliphatic heterocycles. The minimum absolute atomic E-state index is 0. The summed E-state index contributed by atoms with van der Waals surface area (Å²) in [4.78, 5) is 12.3. The van der Waals surface area contributed by atoms with Gasteiger partial charge in [0.05, 0.1) is 17.2 Å². The molecule has 1 unspecified atom stereocenters. The van der Waals surface area contributed by atoms with Crippen molar-refractivity contribution >= 4 is 41.3 Å². The monoisotopic (exact) mass is 439 g/mol. The Bertz CT molecular complexity index is 461. The van der Waals surface area contributed by atoms with E-state index in [1.165, 1.54) is 11.3 Å². The average Bonchev–Trinajstić information content (AvgIpc) is 2.79. The van der Waals surface area contributed by atoms with Crippen LogP contribution in [0.2, 0.25) is 0 Å². The van der Waals surface area contributed by atoms with E-state index < -0.39 is 0 Å². The van der Waals surface area contributed by atoms with Gasteiger partial charge in [-0.2, -0.15) is 0 Å². The van der Waals surface area contributed by atoms with Gasteiger partial charge in [0.1, 0.15) is 0 Å². The lowest BCUT2D eigenvalue weighted by Crippen LogP contribution is -2.42. The van der Waals surface area contributed by atoms with E-state index in [9.17, 15) is 0 Å². The van der Waals surface area contributed by atoms with E-state index in [1.54, 1.807) is 18.4 Å². The Morgan fingerprint density at radius 1 is 1.36 bits per heavy atom. The molecule has 0 aliphatic rings. The molecule has 2 N–H and O–H groups in total. The normalized spacial score (nSPS) is 13.0. The lowest BCUT2D eigenvalue weighted by Gasteiger charge is -2.23. The van der Waals surface area contributed by atoms with Crippen molar-refractivity contribution in [3.8, 4) is 0 Å². The molecule has 5 nitrogen and oxygen atoms in total. The highest BCUT2D eigenvalue weighted by molar-refractivity contribution is 14.0. The number of hydrogen-bond donors (Lipinski definition) is 2. The lowest BCUT2D eigenvalue weighted by molar-refractivity contribution is 0.255. The van der Waals surface area contributed by atoms with Crippen LogP contribution in [0.5, 0.6) is 0 Å². The lowest BCUT2D eigenvalue weighted by atomic mass is 10.2. The van der Waals surface area contributed by atoms with Crippen LogP contribution in [0.15, 0.2) is 4.99 Å². The maximum absolute atomic E-state index is 4.44. The van der Waals surface area contributed by atoms with Gasteiger partial charge in [0.25, 0.3) is 0 Å². The number of thiazole rings is 1. The maximum Gasteiger partial charge on any atom is 0.191 e. The summed E-state index contributed by atoms with van der Waals surface area (Å²) in [7, 11) is 3.97. The fraction of sp³-hybridized carbons (Fsp3) is 0.733. The van der Waals surface area contributed by atoms with Gasteiger partial charge in [-0.25, -0.2) is 4.98 Å². The Morgan fingerprint density at radius 2 is 2.05 bits per heavy atom. The highest BCUT2D eigenvalue weighted by Crippen LogP contribution is 2.16. The first-order chi connectivity index (χ1) is 9.97. The summed E-state index contributed by atoms with van der Waals surface area (Å²) < 4.78 is 0. The molecule has 128 valence electrons. The van der Waals surface area contributed by atoms with E-state index in [0.717, 1.165) is 36.3 Å². The number of aliphatic imine (C=N–C) groups is 1. The van der Waals surface area contributed by atoms with Crippen molar-refractivity contribution in [1.82, 2.24) is 20.5 Å². The van der Waals surface area contributed by atoms with Crippen molar-refractivity contribution in [2.75, 3.05) is 27.2 Å². The molecule has 1 aromatic heterocycles. The second-order valence-electron chi connectivity index (χ2n) is 5.33.